The van der Waals surface area contributed by atoms with Gasteiger partial charge in [-0.05, 0) is 49.4 Å². The molecule has 0 unspecified atom stereocenters. The fraction of sp³-hybridized carbons (Fsp3) is 0.130. The van der Waals surface area contributed by atoms with E-state index in [9.17, 15) is 9.59 Å². The molecule has 3 rings (SSSR count). The number of carbonyl (C=O) groups is 2. The van der Waals surface area contributed by atoms with Crippen molar-refractivity contribution in [2.75, 3.05) is 18.5 Å². The standard InChI is InChI=1S/C23H21NO4/c1-17(25)18-7-5-9-20(15-18)24-23(26)19-8-6-12-22(16-19)28-14-13-27-21-10-3-2-4-11-21/h2-12,15-16H,13-14H2,1H3,(H,24,26). The minimum absolute atomic E-state index is 0.0517. The van der Waals surface area contributed by atoms with E-state index in [1.54, 1.807) is 48.5 Å². The van der Waals surface area contributed by atoms with E-state index < -0.39 is 0 Å². The number of rotatable bonds is 8. The van der Waals surface area contributed by atoms with Crippen molar-refractivity contribution in [3.8, 4) is 11.5 Å². The first-order chi connectivity index (χ1) is 13.6. The SMILES string of the molecule is CC(=O)c1cccc(NC(=O)c2cccc(OCCOc3ccccc3)c2)c1. The molecule has 0 aliphatic carbocycles. The Bertz CT molecular complexity index is 954. The topological polar surface area (TPSA) is 64.6 Å². The summed E-state index contributed by atoms with van der Waals surface area (Å²) in [5, 5.41) is 2.80. The van der Waals surface area contributed by atoms with Gasteiger partial charge in [-0.15, -0.1) is 0 Å². The number of amides is 1. The molecule has 28 heavy (non-hydrogen) atoms. The second kappa shape index (κ2) is 9.37. The minimum atomic E-state index is -0.272. The molecule has 0 saturated heterocycles. The Morgan fingerprint density at radius 2 is 1.39 bits per heavy atom. The quantitative estimate of drug-likeness (QED) is 0.462. The van der Waals surface area contributed by atoms with Gasteiger partial charge in [-0.25, -0.2) is 0 Å². The van der Waals surface area contributed by atoms with Crippen molar-refractivity contribution in [1.82, 2.24) is 0 Å². The van der Waals surface area contributed by atoms with E-state index in [4.69, 9.17) is 9.47 Å². The third-order valence-electron chi connectivity index (χ3n) is 3.99. The summed E-state index contributed by atoms with van der Waals surface area (Å²) in [6, 6.07) is 23.3. The number of hydrogen-bond donors (Lipinski definition) is 1. The van der Waals surface area contributed by atoms with E-state index >= 15 is 0 Å². The highest BCUT2D eigenvalue weighted by Gasteiger charge is 2.09. The van der Waals surface area contributed by atoms with Crippen molar-refractivity contribution in [3.63, 3.8) is 0 Å². The molecule has 0 bridgehead atoms. The van der Waals surface area contributed by atoms with Crippen LogP contribution in [0.1, 0.15) is 27.6 Å². The Kier molecular flexibility index (Phi) is 6.41. The molecule has 142 valence electrons. The maximum Gasteiger partial charge on any atom is 0.255 e. The number of ether oxygens (including phenoxy) is 2. The normalized spacial score (nSPS) is 10.2. The Hall–Kier alpha value is -3.60. The Labute approximate surface area is 163 Å². The number of anilines is 1. The van der Waals surface area contributed by atoms with Gasteiger partial charge in [-0.2, -0.15) is 0 Å². The zero-order chi connectivity index (χ0) is 19.8. The van der Waals surface area contributed by atoms with Gasteiger partial charge in [-0.1, -0.05) is 36.4 Å². The first kappa shape index (κ1) is 19.2. The summed E-state index contributed by atoms with van der Waals surface area (Å²) in [7, 11) is 0. The average Bonchev–Trinajstić information content (AvgIpc) is 2.72. The monoisotopic (exact) mass is 375 g/mol. The second-order valence-corrected chi connectivity index (χ2v) is 6.13. The fourth-order valence-electron chi connectivity index (χ4n) is 2.58. The summed E-state index contributed by atoms with van der Waals surface area (Å²) < 4.78 is 11.3. The highest BCUT2D eigenvalue weighted by molar-refractivity contribution is 6.05. The lowest BCUT2D eigenvalue weighted by Crippen LogP contribution is -2.13. The van der Waals surface area contributed by atoms with Crippen LogP contribution in [0.2, 0.25) is 0 Å². The molecule has 1 amide bonds. The number of ketones is 1. The molecule has 0 aromatic heterocycles. The summed E-state index contributed by atoms with van der Waals surface area (Å²) >= 11 is 0. The molecular weight excluding hydrogens is 354 g/mol. The fourth-order valence-corrected chi connectivity index (χ4v) is 2.58. The van der Waals surface area contributed by atoms with Gasteiger partial charge in [0.05, 0.1) is 0 Å². The van der Waals surface area contributed by atoms with Crippen LogP contribution in [0.25, 0.3) is 0 Å². The van der Waals surface area contributed by atoms with Gasteiger partial charge in [0.2, 0.25) is 0 Å². The molecule has 3 aromatic carbocycles. The molecule has 0 aliphatic rings. The lowest BCUT2D eigenvalue weighted by atomic mass is 10.1. The molecular formula is C23H21NO4. The Balaban J connectivity index is 1.55. The van der Waals surface area contributed by atoms with E-state index in [-0.39, 0.29) is 11.7 Å². The zero-order valence-corrected chi connectivity index (χ0v) is 15.6. The van der Waals surface area contributed by atoms with Crippen LogP contribution >= 0.6 is 0 Å². The predicted molar refractivity (Wildman–Crippen MR) is 108 cm³/mol. The van der Waals surface area contributed by atoms with Gasteiger partial charge < -0.3 is 14.8 Å². The van der Waals surface area contributed by atoms with Crippen LogP contribution in [-0.2, 0) is 0 Å². The smallest absolute Gasteiger partial charge is 0.255 e. The number of Topliss-reactive ketones (excluding diaryl/α,β-unsaturated/α-hetero) is 1. The highest BCUT2D eigenvalue weighted by Crippen LogP contribution is 2.17. The molecule has 0 aliphatic heterocycles. The van der Waals surface area contributed by atoms with Crippen molar-refractivity contribution in [2.24, 2.45) is 0 Å². The van der Waals surface area contributed by atoms with Crippen molar-refractivity contribution in [1.29, 1.82) is 0 Å². The molecule has 5 heteroatoms. The van der Waals surface area contributed by atoms with E-state index in [2.05, 4.69) is 5.32 Å². The second-order valence-electron chi connectivity index (χ2n) is 6.13. The molecule has 1 N–H and O–H groups in total. The molecule has 0 radical (unpaired) electrons. The molecule has 0 heterocycles. The first-order valence-electron chi connectivity index (χ1n) is 8.95. The third-order valence-corrected chi connectivity index (χ3v) is 3.99. The Morgan fingerprint density at radius 1 is 0.750 bits per heavy atom. The van der Waals surface area contributed by atoms with E-state index in [0.29, 0.717) is 35.8 Å². The Morgan fingerprint density at radius 3 is 2.14 bits per heavy atom. The number of benzene rings is 3. The van der Waals surface area contributed by atoms with Crippen molar-refractivity contribution in [2.45, 2.75) is 6.92 Å². The van der Waals surface area contributed by atoms with Crippen LogP contribution in [-0.4, -0.2) is 24.9 Å². The summed E-state index contributed by atoms with van der Waals surface area (Å²) in [4.78, 5) is 24.0. The zero-order valence-electron chi connectivity index (χ0n) is 15.6. The number of nitrogens with one attached hydrogen (secondary N) is 1. The number of para-hydroxylation sites is 1. The van der Waals surface area contributed by atoms with Crippen molar-refractivity contribution in [3.05, 3.63) is 90.0 Å². The lowest BCUT2D eigenvalue weighted by molar-refractivity contribution is 0.101. The van der Waals surface area contributed by atoms with Gasteiger partial charge in [0.1, 0.15) is 24.7 Å². The average molecular weight is 375 g/mol. The highest BCUT2D eigenvalue weighted by atomic mass is 16.5. The van der Waals surface area contributed by atoms with Crippen LogP contribution in [0.15, 0.2) is 78.9 Å². The summed E-state index contributed by atoms with van der Waals surface area (Å²) in [6.07, 6.45) is 0. The van der Waals surface area contributed by atoms with Gasteiger partial charge >= 0.3 is 0 Å². The summed E-state index contributed by atoms with van der Waals surface area (Å²) in [5.74, 6) is 1.05. The van der Waals surface area contributed by atoms with Gasteiger partial charge in [0, 0.05) is 16.8 Å². The van der Waals surface area contributed by atoms with E-state index in [1.165, 1.54) is 6.92 Å². The van der Waals surface area contributed by atoms with Gasteiger partial charge in [0.15, 0.2) is 5.78 Å². The molecule has 0 atom stereocenters. The molecule has 5 nitrogen and oxygen atoms in total. The molecule has 0 saturated carbocycles. The minimum Gasteiger partial charge on any atom is -0.490 e. The summed E-state index contributed by atoms with van der Waals surface area (Å²) in [5.41, 5.74) is 1.59. The maximum absolute atomic E-state index is 12.5. The third kappa shape index (κ3) is 5.45. The van der Waals surface area contributed by atoms with E-state index in [0.717, 1.165) is 5.75 Å². The molecule has 0 spiro atoms. The maximum atomic E-state index is 12.5. The van der Waals surface area contributed by atoms with Crippen molar-refractivity contribution < 1.29 is 19.1 Å². The number of carbonyl (C=O) groups excluding carboxylic acids is 2. The summed E-state index contributed by atoms with van der Waals surface area (Å²) in [6.45, 7) is 2.25. The van der Waals surface area contributed by atoms with E-state index in [1.807, 2.05) is 30.3 Å². The number of hydrogen-bond acceptors (Lipinski definition) is 4. The first-order valence-corrected chi connectivity index (χ1v) is 8.95. The molecule has 0 fully saturated rings. The molecule has 3 aromatic rings. The predicted octanol–water partition coefficient (Wildman–Crippen LogP) is 4.60. The van der Waals surface area contributed by atoms with Crippen LogP contribution in [0.5, 0.6) is 11.5 Å². The van der Waals surface area contributed by atoms with Gasteiger partial charge in [0.25, 0.3) is 5.91 Å². The van der Waals surface area contributed by atoms with Gasteiger partial charge in [-0.3, -0.25) is 9.59 Å². The van der Waals surface area contributed by atoms with Crippen molar-refractivity contribution >= 4 is 17.4 Å². The van der Waals surface area contributed by atoms with Crippen LogP contribution < -0.4 is 14.8 Å². The largest absolute Gasteiger partial charge is 0.490 e. The lowest BCUT2D eigenvalue weighted by Gasteiger charge is -2.10. The van der Waals surface area contributed by atoms with Crippen LogP contribution in [0.4, 0.5) is 5.69 Å². The van der Waals surface area contributed by atoms with Crippen LogP contribution in [0, 0.1) is 0 Å². The van der Waals surface area contributed by atoms with Crippen LogP contribution in [0.3, 0.4) is 0 Å².